The summed E-state index contributed by atoms with van der Waals surface area (Å²) in [5.74, 6) is 0.318. The molecule has 2 aliphatic heterocycles. The summed E-state index contributed by atoms with van der Waals surface area (Å²) in [6.45, 7) is 8.17. The number of nitrogens with two attached hydrogens (primary N) is 1. The fraction of sp³-hybridized carbons (Fsp3) is 0.737. The lowest BCUT2D eigenvalue weighted by Crippen LogP contribution is -2.55. The topological polar surface area (TPSA) is 109 Å². The Balaban J connectivity index is 1.43. The zero-order valence-corrected chi connectivity index (χ0v) is 16.6. The Kier molecular flexibility index (Phi) is 4.13. The molecule has 4 heterocycles. The van der Waals surface area contributed by atoms with Gasteiger partial charge in [0.15, 0.2) is 23.5 Å². The van der Waals surface area contributed by atoms with Crippen molar-refractivity contribution in [2.24, 2.45) is 5.92 Å². The van der Waals surface area contributed by atoms with Crippen molar-refractivity contribution in [1.29, 1.82) is 0 Å². The molecular formula is C19H28N6O3. The van der Waals surface area contributed by atoms with E-state index < -0.39 is 5.79 Å². The molecule has 1 saturated carbocycles. The molecule has 3 fully saturated rings. The van der Waals surface area contributed by atoms with Crippen molar-refractivity contribution in [2.45, 2.75) is 69.9 Å². The number of anilines is 1. The van der Waals surface area contributed by atoms with Crippen molar-refractivity contribution < 1.29 is 14.2 Å². The highest BCUT2D eigenvalue weighted by atomic mass is 16.8. The Labute approximate surface area is 164 Å². The van der Waals surface area contributed by atoms with E-state index in [1.54, 1.807) is 6.33 Å². The van der Waals surface area contributed by atoms with Crippen molar-refractivity contribution in [3.8, 4) is 0 Å². The summed E-state index contributed by atoms with van der Waals surface area (Å²) in [7, 11) is 0. The van der Waals surface area contributed by atoms with E-state index in [9.17, 15) is 0 Å². The van der Waals surface area contributed by atoms with E-state index in [0.717, 1.165) is 32.4 Å². The average Bonchev–Trinajstić information content (AvgIpc) is 3.25. The summed E-state index contributed by atoms with van der Waals surface area (Å²) in [5.41, 5.74) is 6.87. The van der Waals surface area contributed by atoms with Gasteiger partial charge in [-0.05, 0) is 52.1 Å². The first-order chi connectivity index (χ1) is 13.4. The van der Waals surface area contributed by atoms with Gasteiger partial charge >= 0.3 is 0 Å². The maximum atomic E-state index is 6.62. The summed E-state index contributed by atoms with van der Waals surface area (Å²) >= 11 is 0. The molecule has 3 atom stereocenters. The van der Waals surface area contributed by atoms with Crippen LogP contribution in [0.5, 0.6) is 0 Å². The lowest BCUT2D eigenvalue weighted by Gasteiger charge is -2.47. The van der Waals surface area contributed by atoms with Crippen molar-refractivity contribution in [3.05, 3.63) is 12.7 Å². The number of rotatable bonds is 5. The van der Waals surface area contributed by atoms with E-state index in [4.69, 9.17) is 19.9 Å². The van der Waals surface area contributed by atoms with Gasteiger partial charge in [-0.25, -0.2) is 15.0 Å². The van der Waals surface area contributed by atoms with Crippen LogP contribution in [0.1, 0.15) is 46.3 Å². The molecule has 3 unspecified atom stereocenters. The predicted molar refractivity (Wildman–Crippen MR) is 102 cm³/mol. The van der Waals surface area contributed by atoms with Gasteiger partial charge in [-0.1, -0.05) is 6.92 Å². The highest BCUT2D eigenvalue weighted by molar-refractivity contribution is 5.81. The predicted octanol–water partition coefficient (Wildman–Crippen LogP) is 1.61. The van der Waals surface area contributed by atoms with Gasteiger partial charge in [-0.3, -0.25) is 4.57 Å². The smallest absolute Gasteiger partial charge is 0.167 e. The van der Waals surface area contributed by atoms with Crippen molar-refractivity contribution in [3.63, 3.8) is 0 Å². The summed E-state index contributed by atoms with van der Waals surface area (Å²) in [6, 6.07) is 0. The minimum atomic E-state index is -0.639. The summed E-state index contributed by atoms with van der Waals surface area (Å²) in [6.07, 6.45) is 5.56. The van der Waals surface area contributed by atoms with Gasteiger partial charge in [0, 0.05) is 0 Å². The van der Waals surface area contributed by atoms with E-state index in [1.165, 1.54) is 6.33 Å². The molecule has 2 aromatic rings. The lowest BCUT2D eigenvalue weighted by atomic mass is 9.67. The normalized spacial score (nSPS) is 36.1. The van der Waals surface area contributed by atoms with Gasteiger partial charge in [0.25, 0.3) is 0 Å². The zero-order valence-electron chi connectivity index (χ0n) is 16.6. The molecule has 0 bridgehead atoms. The monoisotopic (exact) mass is 388 g/mol. The molecule has 28 heavy (non-hydrogen) atoms. The van der Waals surface area contributed by atoms with Crippen LogP contribution in [0.15, 0.2) is 12.7 Å². The van der Waals surface area contributed by atoms with Gasteiger partial charge in [-0.15, -0.1) is 0 Å². The van der Waals surface area contributed by atoms with Gasteiger partial charge < -0.3 is 25.3 Å². The molecule has 3 N–H and O–H groups in total. The number of nitrogens with one attached hydrogen (secondary N) is 1. The second-order valence-corrected chi connectivity index (χ2v) is 8.66. The Morgan fingerprint density at radius 2 is 2.04 bits per heavy atom. The second-order valence-electron chi connectivity index (χ2n) is 8.66. The van der Waals surface area contributed by atoms with E-state index in [0.29, 0.717) is 22.9 Å². The van der Waals surface area contributed by atoms with Gasteiger partial charge in [0.05, 0.1) is 6.33 Å². The van der Waals surface area contributed by atoms with E-state index >= 15 is 0 Å². The van der Waals surface area contributed by atoms with Crippen LogP contribution in [0.2, 0.25) is 0 Å². The molecule has 3 aliphatic rings. The third kappa shape index (κ3) is 2.72. The molecule has 5 rings (SSSR count). The average molecular weight is 388 g/mol. The van der Waals surface area contributed by atoms with E-state index in [-0.39, 0.29) is 24.0 Å². The zero-order chi connectivity index (χ0) is 19.5. The molecule has 0 amide bonds. The molecule has 2 aromatic heterocycles. The number of aromatic nitrogens is 4. The number of ether oxygens (including phenoxy) is 3. The van der Waals surface area contributed by atoms with Crippen LogP contribution in [0.3, 0.4) is 0 Å². The molecule has 152 valence electrons. The molecule has 9 heteroatoms. The standard InChI is InChI=1S/C19H28N6O3/c1-4-5-21-8-11-6-19(7-11)14-13(26-18(2,3)27-14)17(28-19)25-10-24-12-15(20)22-9-23-16(12)25/h9-11,13-14,17,21H,4-8H2,1-3H3,(H2,20,22,23). The largest absolute Gasteiger partial charge is 0.382 e. The molecule has 0 radical (unpaired) electrons. The Hall–Kier alpha value is -1.81. The molecule has 9 nitrogen and oxygen atoms in total. The summed E-state index contributed by atoms with van der Waals surface area (Å²) in [5, 5.41) is 3.51. The molecule has 0 aromatic carbocycles. The molecule has 1 aliphatic carbocycles. The SMILES string of the molecule is CCCNCC1CC2(C1)OC(n1cnc3c(N)ncnc31)C1OC(C)(C)OC12. The number of fused-ring (bicyclic) bond motifs is 3. The Morgan fingerprint density at radius 3 is 2.82 bits per heavy atom. The number of imidazole rings is 1. The summed E-state index contributed by atoms with van der Waals surface area (Å²) < 4.78 is 21.1. The first kappa shape index (κ1) is 18.2. The maximum absolute atomic E-state index is 6.62. The molecule has 2 saturated heterocycles. The molecule has 1 spiro atoms. The van der Waals surface area contributed by atoms with Crippen LogP contribution in [-0.2, 0) is 14.2 Å². The van der Waals surface area contributed by atoms with Crippen LogP contribution >= 0.6 is 0 Å². The lowest BCUT2D eigenvalue weighted by molar-refractivity contribution is -0.244. The van der Waals surface area contributed by atoms with Gasteiger partial charge in [0.2, 0.25) is 0 Å². The first-order valence-corrected chi connectivity index (χ1v) is 10.1. The molecular weight excluding hydrogens is 360 g/mol. The van der Waals surface area contributed by atoms with E-state index in [2.05, 4.69) is 27.2 Å². The number of hydrogen-bond acceptors (Lipinski definition) is 8. The van der Waals surface area contributed by atoms with Crippen LogP contribution in [-0.4, -0.2) is 56.2 Å². The van der Waals surface area contributed by atoms with E-state index in [1.807, 2.05) is 18.4 Å². The van der Waals surface area contributed by atoms with Gasteiger partial charge in [-0.2, -0.15) is 0 Å². The van der Waals surface area contributed by atoms with Crippen LogP contribution in [0.4, 0.5) is 5.82 Å². The highest BCUT2D eigenvalue weighted by Gasteiger charge is 2.67. The number of nitrogens with zero attached hydrogens (tertiary/aromatic N) is 4. The van der Waals surface area contributed by atoms with Gasteiger partial charge in [0.1, 0.15) is 29.7 Å². The Morgan fingerprint density at radius 1 is 1.21 bits per heavy atom. The number of nitrogen functional groups attached to an aromatic ring is 1. The van der Waals surface area contributed by atoms with Crippen LogP contribution in [0.25, 0.3) is 11.2 Å². The fourth-order valence-electron chi connectivity index (χ4n) is 4.92. The third-order valence-corrected chi connectivity index (χ3v) is 6.07. The summed E-state index contributed by atoms with van der Waals surface area (Å²) in [4.78, 5) is 12.8. The minimum absolute atomic E-state index is 0.105. The van der Waals surface area contributed by atoms with Crippen molar-refractivity contribution >= 4 is 17.0 Å². The number of hydrogen-bond donors (Lipinski definition) is 2. The van der Waals surface area contributed by atoms with Crippen molar-refractivity contribution in [1.82, 2.24) is 24.8 Å². The van der Waals surface area contributed by atoms with Crippen LogP contribution < -0.4 is 11.1 Å². The maximum Gasteiger partial charge on any atom is 0.167 e. The first-order valence-electron chi connectivity index (χ1n) is 10.1. The van der Waals surface area contributed by atoms with Crippen LogP contribution in [0, 0.1) is 5.92 Å². The van der Waals surface area contributed by atoms with Crippen molar-refractivity contribution in [2.75, 3.05) is 18.8 Å². The highest BCUT2D eigenvalue weighted by Crippen LogP contribution is 2.57. The third-order valence-electron chi connectivity index (χ3n) is 6.07. The fourth-order valence-corrected chi connectivity index (χ4v) is 4.92. The Bertz CT molecular complexity index is 878. The second kappa shape index (κ2) is 6.35. The minimum Gasteiger partial charge on any atom is -0.382 e. The quantitative estimate of drug-likeness (QED) is 0.744.